The number of thiazole rings is 1. The zero-order valence-electron chi connectivity index (χ0n) is 13.6. The Morgan fingerprint density at radius 3 is 2.74 bits per heavy atom. The third kappa shape index (κ3) is 4.85. The summed E-state index contributed by atoms with van der Waals surface area (Å²) in [6.45, 7) is 3.14. The van der Waals surface area contributed by atoms with Crippen LogP contribution in [0, 0.1) is 0 Å². The van der Waals surface area contributed by atoms with Crippen molar-refractivity contribution in [2.45, 2.75) is 26.4 Å². The van der Waals surface area contributed by atoms with Crippen molar-refractivity contribution in [1.82, 2.24) is 10.3 Å². The van der Waals surface area contributed by atoms with Crippen LogP contribution in [0.2, 0.25) is 0 Å². The molecule has 0 unspecified atom stereocenters. The highest BCUT2D eigenvalue weighted by Gasteiger charge is 2.04. The minimum Gasteiger partial charge on any atom is -0.493 e. The molecular weight excluding hydrogens is 312 g/mol. The van der Waals surface area contributed by atoms with Gasteiger partial charge in [-0.2, -0.15) is 0 Å². The minimum atomic E-state index is 0.394. The zero-order chi connectivity index (χ0) is 16.7. The molecule has 1 aromatic heterocycles. The predicted molar refractivity (Wildman–Crippen MR) is 93.2 cm³/mol. The van der Waals surface area contributed by atoms with Crippen molar-refractivity contribution in [2.75, 3.05) is 14.2 Å². The first-order valence-electron chi connectivity index (χ1n) is 7.34. The number of benzene rings is 1. The van der Waals surface area contributed by atoms with Gasteiger partial charge < -0.3 is 20.5 Å². The maximum atomic E-state index is 5.89. The van der Waals surface area contributed by atoms with Crippen LogP contribution in [0.25, 0.3) is 0 Å². The van der Waals surface area contributed by atoms with Crippen LogP contribution in [0.3, 0.4) is 0 Å². The summed E-state index contributed by atoms with van der Waals surface area (Å²) in [6.07, 6.45) is 0.952. The van der Waals surface area contributed by atoms with Crippen molar-refractivity contribution in [1.29, 1.82) is 0 Å². The average molecular weight is 334 g/mol. The van der Waals surface area contributed by atoms with Crippen LogP contribution in [0.15, 0.2) is 28.6 Å². The number of hydrogen-bond donors (Lipinski definition) is 2. The van der Waals surface area contributed by atoms with Gasteiger partial charge in [0.05, 0.1) is 38.0 Å². The Hall–Kier alpha value is -2.28. The smallest absolute Gasteiger partial charge is 0.189 e. The second-order valence-corrected chi connectivity index (χ2v) is 5.77. The Labute approximate surface area is 140 Å². The van der Waals surface area contributed by atoms with Crippen LogP contribution in [-0.4, -0.2) is 25.2 Å². The first-order valence-corrected chi connectivity index (χ1v) is 8.22. The van der Waals surface area contributed by atoms with Crippen LogP contribution >= 0.6 is 11.3 Å². The van der Waals surface area contributed by atoms with Gasteiger partial charge in [0.2, 0.25) is 0 Å². The van der Waals surface area contributed by atoms with Crippen LogP contribution < -0.4 is 20.5 Å². The van der Waals surface area contributed by atoms with E-state index in [0.29, 0.717) is 30.5 Å². The van der Waals surface area contributed by atoms with Gasteiger partial charge in [-0.05, 0) is 24.1 Å². The molecular formula is C16H22N4O2S. The summed E-state index contributed by atoms with van der Waals surface area (Å²) in [5.41, 5.74) is 7.87. The van der Waals surface area contributed by atoms with Crippen molar-refractivity contribution in [3.8, 4) is 11.5 Å². The number of nitrogens with one attached hydrogen (secondary N) is 1. The molecule has 23 heavy (non-hydrogen) atoms. The molecule has 0 spiro atoms. The van der Waals surface area contributed by atoms with Crippen LogP contribution in [-0.2, 0) is 19.5 Å². The number of rotatable bonds is 7. The van der Waals surface area contributed by atoms with Gasteiger partial charge >= 0.3 is 0 Å². The second-order valence-electron chi connectivity index (χ2n) is 4.83. The molecule has 2 aromatic rings. The van der Waals surface area contributed by atoms with Gasteiger partial charge in [0.15, 0.2) is 17.5 Å². The van der Waals surface area contributed by atoms with Crippen LogP contribution in [0.4, 0.5) is 0 Å². The molecule has 2 rings (SSSR count). The Morgan fingerprint density at radius 2 is 2.09 bits per heavy atom. The molecule has 124 valence electrons. The zero-order valence-corrected chi connectivity index (χ0v) is 14.4. The molecule has 0 bridgehead atoms. The van der Waals surface area contributed by atoms with Gasteiger partial charge in [-0.15, -0.1) is 11.3 Å². The van der Waals surface area contributed by atoms with E-state index in [1.807, 2.05) is 23.6 Å². The summed E-state index contributed by atoms with van der Waals surface area (Å²) in [4.78, 5) is 8.81. The lowest BCUT2D eigenvalue weighted by atomic mass is 10.2. The third-order valence-electron chi connectivity index (χ3n) is 3.23. The maximum Gasteiger partial charge on any atom is 0.189 e. The van der Waals surface area contributed by atoms with Crippen molar-refractivity contribution < 1.29 is 9.47 Å². The average Bonchev–Trinajstić information content (AvgIpc) is 3.05. The van der Waals surface area contributed by atoms with Crippen molar-refractivity contribution in [3.05, 3.63) is 39.8 Å². The Kier molecular flexibility index (Phi) is 6.22. The highest BCUT2D eigenvalue weighted by molar-refractivity contribution is 7.09. The number of methoxy groups -OCH3 is 2. The standard InChI is InChI=1S/C16H22N4O2S/c1-4-15-20-12(10-23-15)9-19-16(17)18-8-11-5-6-13(21-2)14(7-11)22-3/h5-7,10H,4,8-9H2,1-3H3,(H3,17,18,19). The third-order valence-corrected chi connectivity index (χ3v) is 4.27. The van der Waals surface area contributed by atoms with Crippen molar-refractivity contribution >= 4 is 17.3 Å². The van der Waals surface area contributed by atoms with Gasteiger partial charge in [-0.3, -0.25) is 0 Å². The fourth-order valence-corrected chi connectivity index (χ4v) is 2.73. The normalized spacial score (nSPS) is 11.3. The van der Waals surface area contributed by atoms with Gasteiger partial charge in [0.25, 0.3) is 0 Å². The number of aliphatic imine (C=N–C) groups is 1. The molecule has 0 fully saturated rings. The summed E-state index contributed by atoms with van der Waals surface area (Å²) in [5.74, 6) is 1.77. The van der Waals surface area contributed by atoms with Crippen molar-refractivity contribution in [2.24, 2.45) is 10.7 Å². The summed E-state index contributed by atoms with van der Waals surface area (Å²) >= 11 is 1.66. The predicted octanol–water partition coefficient (Wildman–Crippen LogP) is 2.33. The summed E-state index contributed by atoms with van der Waals surface area (Å²) in [7, 11) is 3.22. The van der Waals surface area contributed by atoms with E-state index >= 15 is 0 Å². The first-order chi connectivity index (χ1) is 11.2. The SMILES string of the molecule is CCc1nc(CNC(N)=NCc2ccc(OC)c(OC)c2)cs1. The Bertz CT molecular complexity index is 670. The van der Waals surface area contributed by atoms with E-state index < -0.39 is 0 Å². The number of aryl methyl sites for hydroxylation is 1. The number of nitrogens with two attached hydrogens (primary N) is 1. The van der Waals surface area contributed by atoms with E-state index in [4.69, 9.17) is 15.2 Å². The highest BCUT2D eigenvalue weighted by Crippen LogP contribution is 2.27. The highest BCUT2D eigenvalue weighted by atomic mass is 32.1. The molecule has 0 amide bonds. The lowest BCUT2D eigenvalue weighted by Crippen LogP contribution is -2.31. The number of hydrogen-bond acceptors (Lipinski definition) is 5. The van der Waals surface area contributed by atoms with E-state index in [2.05, 4.69) is 22.2 Å². The topological polar surface area (TPSA) is 81.8 Å². The lowest BCUT2D eigenvalue weighted by molar-refractivity contribution is 0.354. The summed E-state index contributed by atoms with van der Waals surface area (Å²) < 4.78 is 10.5. The largest absolute Gasteiger partial charge is 0.493 e. The molecule has 6 nitrogen and oxygen atoms in total. The summed E-state index contributed by atoms with van der Waals surface area (Å²) in [6, 6.07) is 5.69. The van der Waals surface area contributed by atoms with Gasteiger partial charge in [-0.25, -0.2) is 9.98 Å². The number of guanidine groups is 1. The fraction of sp³-hybridized carbons (Fsp3) is 0.375. The molecule has 3 N–H and O–H groups in total. The molecule has 0 radical (unpaired) electrons. The molecule has 0 aliphatic rings. The maximum absolute atomic E-state index is 5.89. The van der Waals surface area contributed by atoms with Gasteiger partial charge in [0, 0.05) is 5.38 Å². The monoisotopic (exact) mass is 334 g/mol. The van der Waals surface area contributed by atoms with Crippen LogP contribution in [0.5, 0.6) is 11.5 Å². The van der Waals surface area contributed by atoms with Gasteiger partial charge in [0.1, 0.15) is 0 Å². The number of aromatic nitrogens is 1. The molecule has 7 heteroatoms. The molecule has 1 aromatic carbocycles. The quantitative estimate of drug-likeness (QED) is 0.600. The summed E-state index contributed by atoms with van der Waals surface area (Å²) in [5, 5.41) is 6.24. The lowest BCUT2D eigenvalue weighted by Gasteiger charge is -2.09. The molecule has 0 saturated heterocycles. The minimum absolute atomic E-state index is 0.394. The molecule has 0 saturated carbocycles. The first kappa shape index (κ1) is 17.1. The van der Waals surface area contributed by atoms with E-state index in [1.54, 1.807) is 25.6 Å². The van der Waals surface area contributed by atoms with E-state index in [9.17, 15) is 0 Å². The number of nitrogens with zero attached hydrogens (tertiary/aromatic N) is 2. The molecule has 0 aliphatic carbocycles. The van der Waals surface area contributed by atoms with E-state index in [1.165, 1.54) is 0 Å². The Morgan fingerprint density at radius 1 is 1.30 bits per heavy atom. The second kappa shape index (κ2) is 8.38. The molecule has 1 heterocycles. The number of ether oxygens (including phenoxy) is 2. The van der Waals surface area contributed by atoms with Crippen molar-refractivity contribution in [3.63, 3.8) is 0 Å². The van der Waals surface area contributed by atoms with Crippen LogP contribution in [0.1, 0.15) is 23.2 Å². The molecule has 0 aliphatic heterocycles. The van der Waals surface area contributed by atoms with Gasteiger partial charge in [-0.1, -0.05) is 13.0 Å². The Balaban J connectivity index is 1.91. The van der Waals surface area contributed by atoms with E-state index in [-0.39, 0.29) is 0 Å². The molecule has 0 atom stereocenters. The fourth-order valence-electron chi connectivity index (χ4n) is 1.98. The van der Waals surface area contributed by atoms with E-state index in [0.717, 1.165) is 22.7 Å².